The molecule has 3 saturated carbocycles. The Kier molecular flexibility index (Phi) is 8.43. The van der Waals surface area contributed by atoms with E-state index in [1.807, 2.05) is 7.11 Å². The van der Waals surface area contributed by atoms with Crippen LogP contribution in [0.25, 0.3) is 0 Å². The molecule has 0 aromatic rings. The summed E-state index contributed by atoms with van der Waals surface area (Å²) >= 11 is 0. The van der Waals surface area contributed by atoms with Gasteiger partial charge in [0.15, 0.2) is 0 Å². The fourth-order valence-corrected chi connectivity index (χ4v) is 11.6. The number of nitrogens with two attached hydrogens (primary N) is 1. The zero-order valence-corrected chi connectivity index (χ0v) is 30.1. The molecule has 0 aromatic heterocycles. The lowest BCUT2D eigenvalue weighted by Gasteiger charge is -2.71. The number of hydrogen-bond donors (Lipinski definition) is 2. The van der Waals surface area contributed by atoms with Gasteiger partial charge >= 0.3 is 5.97 Å². The molecule has 252 valence electrons. The van der Waals surface area contributed by atoms with Crippen molar-refractivity contribution in [2.75, 3.05) is 26.9 Å². The van der Waals surface area contributed by atoms with Gasteiger partial charge < -0.3 is 25.1 Å². The fraction of sp³-hybridized carbons (Fsp3) is 0.921. The van der Waals surface area contributed by atoms with Crippen molar-refractivity contribution in [2.24, 2.45) is 67.8 Å². The van der Waals surface area contributed by atoms with Gasteiger partial charge in [0.2, 0.25) is 0 Å². The van der Waals surface area contributed by atoms with Crippen LogP contribution >= 0.6 is 0 Å². The van der Waals surface area contributed by atoms with Crippen LogP contribution < -0.4 is 5.73 Å². The summed E-state index contributed by atoms with van der Waals surface area (Å²) in [7, 11) is 1.84. The molecular formula is C38H65NO5. The Labute approximate surface area is 268 Å². The molecule has 0 aromatic carbocycles. The van der Waals surface area contributed by atoms with Crippen molar-refractivity contribution in [1.29, 1.82) is 0 Å². The van der Waals surface area contributed by atoms with Crippen LogP contribution in [-0.4, -0.2) is 55.8 Å². The number of ether oxygens (including phenoxy) is 3. The highest BCUT2D eigenvalue weighted by Crippen LogP contribution is 2.75. The third-order valence-electron chi connectivity index (χ3n) is 15.6. The Morgan fingerprint density at radius 2 is 1.73 bits per heavy atom. The summed E-state index contributed by atoms with van der Waals surface area (Å²) < 4.78 is 19.8. The molecule has 1 aliphatic heterocycles. The van der Waals surface area contributed by atoms with Gasteiger partial charge in [0.05, 0.1) is 37.9 Å². The SMILES string of the molecule is CO[C@@H]1C[C@@]23COC[C@](C)([C@@H]2CC[C@H]2C3=CC[C@@]3(C)[C@H](C(=O)O)[C@@](C)([C@H](C)C(C)C)CC[C@]23C)[C@H]1OC[C@@](C)(N)C(C)(C)C. The minimum Gasteiger partial charge on any atom is -0.481 e. The van der Waals surface area contributed by atoms with E-state index in [9.17, 15) is 9.90 Å². The van der Waals surface area contributed by atoms with Crippen molar-refractivity contribution in [2.45, 2.75) is 132 Å². The van der Waals surface area contributed by atoms with Crippen LogP contribution in [0.4, 0.5) is 0 Å². The summed E-state index contributed by atoms with van der Waals surface area (Å²) in [4.78, 5) is 13.3. The normalized spacial score (nSPS) is 47.5. The molecule has 0 spiro atoms. The van der Waals surface area contributed by atoms with Crippen LogP contribution in [0.3, 0.4) is 0 Å². The molecule has 0 unspecified atom stereocenters. The number of methoxy groups -OCH3 is 1. The van der Waals surface area contributed by atoms with Crippen molar-refractivity contribution in [3.05, 3.63) is 11.6 Å². The van der Waals surface area contributed by atoms with Gasteiger partial charge in [0.25, 0.3) is 0 Å². The van der Waals surface area contributed by atoms with Crippen molar-refractivity contribution in [3.8, 4) is 0 Å². The van der Waals surface area contributed by atoms with Crippen LogP contribution in [0.5, 0.6) is 0 Å². The minimum absolute atomic E-state index is 0.0509. The third-order valence-corrected chi connectivity index (χ3v) is 15.6. The highest BCUT2D eigenvalue weighted by atomic mass is 16.5. The van der Waals surface area contributed by atoms with E-state index in [2.05, 4.69) is 82.2 Å². The maximum absolute atomic E-state index is 13.3. The van der Waals surface area contributed by atoms with Gasteiger partial charge in [-0.25, -0.2) is 0 Å². The Morgan fingerprint density at radius 1 is 1.07 bits per heavy atom. The molecule has 4 aliphatic carbocycles. The largest absolute Gasteiger partial charge is 0.481 e. The first-order valence-corrected chi connectivity index (χ1v) is 17.6. The first-order valence-electron chi connectivity index (χ1n) is 17.6. The maximum atomic E-state index is 13.3. The number of carboxylic acids is 1. The standard InChI is InChI=1S/C38H65NO5/c1-23(2)24(3)33(7)17-18-35(9)25-13-14-28-34(8)20-43-22-38(28,26(25)15-16-36(35,10)29(33)31(40)41)19-27(42-12)30(34)44-21-37(11,39)32(4,5)6/h15,23-25,27-30H,13-14,16-22,39H2,1-12H3,(H,40,41)/t24-,25+,27-,28+,29-,30+,33-,34-,35-,36+,37-,38+/m1/s1. The molecule has 1 heterocycles. The molecule has 5 aliphatic rings. The highest BCUT2D eigenvalue weighted by Gasteiger charge is 2.71. The third kappa shape index (κ3) is 4.57. The molecule has 6 nitrogen and oxygen atoms in total. The van der Waals surface area contributed by atoms with Gasteiger partial charge in [-0.2, -0.15) is 0 Å². The van der Waals surface area contributed by atoms with Gasteiger partial charge in [-0.15, -0.1) is 0 Å². The lowest BCUT2D eigenvalue weighted by Crippen LogP contribution is -2.70. The topological polar surface area (TPSA) is 91.0 Å². The fourth-order valence-electron chi connectivity index (χ4n) is 11.6. The molecule has 2 bridgehead atoms. The van der Waals surface area contributed by atoms with Crippen molar-refractivity contribution in [1.82, 2.24) is 0 Å². The first kappa shape index (κ1) is 34.4. The predicted molar refractivity (Wildman–Crippen MR) is 176 cm³/mol. The van der Waals surface area contributed by atoms with E-state index in [1.165, 1.54) is 0 Å². The number of carbonyl (C=O) groups is 1. The molecule has 6 heteroatoms. The van der Waals surface area contributed by atoms with Crippen LogP contribution in [-0.2, 0) is 19.0 Å². The molecule has 1 saturated heterocycles. The number of carboxylic acid groups (broad SMARTS) is 1. The van der Waals surface area contributed by atoms with E-state index >= 15 is 0 Å². The molecule has 3 N–H and O–H groups in total. The molecular weight excluding hydrogens is 550 g/mol. The Balaban J connectivity index is 1.54. The number of aliphatic carboxylic acids is 1. The minimum atomic E-state index is -0.607. The summed E-state index contributed by atoms with van der Waals surface area (Å²) in [6.45, 7) is 26.7. The lowest BCUT2D eigenvalue weighted by atomic mass is 9.34. The first-order chi connectivity index (χ1) is 20.2. The van der Waals surface area contributed by atoms with Gasteiger partial charge in [0.1, 0.15) is 0 Å². The van der Waals surface area contributed by atoms with Crippen molar-refractivity contribution >= 4 is 5.97 Å². The average molecular weight is 616 g/mol. The van der Waals surface area contributed by atoms with Crippen LogP contribution in [0.1, 0.15) is 115 Å². The van der Waals surface area contributed by atoms with E-state index in [1.54, 1.807) is 5.57 Å². The molecule has 4 fully saturated rings. The number of fused-ring (bicyclic) bond motifs is 3. The summed E-state index contributed by atoms with van der Waals surface area (Å²) in [6, 6.07) is 0. The summed E-state index contributed by atoms with van der Waals surface area (Å²) in [5.41, 5.74) is 6.85. The van der Waals surface area contributed by atoms with Crippen molar-refractivity contribution in [3.63, 3.8) is 0 Å². The van der Waals surface area contributed by atoms with Gasteiger partial charge in [0, 0.05) is 23.5 Å². The van der Waals surface area contributed by atoms with E-state index in [4.69, 9.17) is 19.9 Å². The van der Waals surface area contributed by atoms with E-state index in [-0.39, 0.29) is 50.6 Å². The molecule has 0 amide bonds. The predicted octanol–water partition coefficient (Wildman–Crippen LogP) is 7.74. The van der Waals surface area contributed by atoms with Crippen molar-refractivity contribution < 1.29 is 24.1 Å². The second kappa shape index (κ2) is 10.8. The Bertz CT molecular complexity index is 1160. The highest BCUT2D eigenvalue weighted by molar-refractivity contribution is 5.73. The number of hydrogen-bond acceptors (Lipinski definition) is 5. The molecule has 44 heavy (non-hydrogen) atoms. The summed E-state index contributed by atoms with van der Waals surface area (Å²) in [5.74, 6) is 0.580. The second-order valence-electron chi connectivity index (χ2n) is 18.7. The molecule has 0 radical (unpaired) electrons. The van der Waals surface area contributed by atoms with Crippen LogP contribution in [0.15, 0.2) is 11.6 Å². The maximum Gasteiger partial charge on any atom is 0.307 e. The lowest BCUT2D eigenvalue weighted by molar-refractivity contribution is -0.270. The van der Waals surface area contributed by atoms with E-state index < -0.39 is 11.5 Å². The van der Waals surface area contributed by atoms with Gasteiger partial charge in [-0.05, 0) is 90.8 Å². The number of rotatable bonds is 7. The summed E-state index contributed by atoms with van der Waals surface area (Å²) in [5, 5.41) is 11.0. The molecule has 12 atom stereocenters. The zero-order valence-electron chi connectivity index (χ0n) is 30.1. The average Bonchev–Trinajstić information content (AvgIpc) is 2.91. The zero-order chi connectivity index (χ0) is 32.9. The second-order valence-corrected chi connectivity index (χ2v) is 18.7. The number of allylic oxidation sites excluding steroid dienone is 1. The summed E-state index contributed by atoms with van der Waals surface area (Å²) in [6.07, 6.45) is 8.31. The van der Waals surface area contributed by atoms with Crippen LogP contribution in [0.2, 0.25) is 0 Å². The van der Waals surface area contributed by atoms with E-state index in [0.717, 1.165) is 45.1 Å². The Morgan fingerprint density at radius 3 is 2.30 bits per heavy atom. The monoisotopic (exact) mass is 615 g/mol. The molecule has 5 rings (SSSR count). The van der Waals surface area contributed by atoms with E-state index in [0.29, 0.717) is 36.9 Å². The van der Waals surface area contributed by atoms with Gasteiger partial charge in [-0.3, -0.25) is 4.79 Å². The quantitative estimate of drug-likeness (QED) is 0.285. The van der Waals surface area contributed by atoms with Crippen LogP contribution in [0, 0.1) is 62.1 Å². The van der Waals surface area contributed by atoms with Gasteiger partial charge in [-0.1, -0.05) is 80.9 Å². The Hall–Kier alpha value is -0.950. The smallest absolute Gasteiger partial charge is 0.307 e.